The number of carboxylic acids is 1. The Labute approximate surface area is 132 Å². The normalized spacial score (nSPS) is 15.5. The van der Waals surface area contributed by atoms with Gasteiger partial charge in [0.2, 0.25) is 11.8 Å². The average Bonchev–Trinajstić information content (AvgIpc) is 2.93. The first-order valence-corrected chi connectivity index (χ1v) is 8.08. The molecule has 0 aromatic heterocycles. The van der Waals surface area contributed by atoms with Crippen LogP contribution in [0.25, 0.3) is 0 Å². The summed E-state index contributed by atoms with van der Waals surface area (Å²) >= 11 is 0. The number of rotatable bonds is 9. The van der Waals surface area contributed by atoms with Crippen molar-refractivity contribution in [3.05, 3.63) is 0 Å². The lowest BCUT2D eigenvalue weighted by atomic mass is 9.98. The molecule has 6 heteroatoms. The van der Waals surface area contributed by atoms with Gasteiger partial charge in [0.25, 0.3) is 0 Å². The van der Waals surface area contributed by atoms with E-state index in [1.54, 1.807) is 13.8 Å². The molecule has 1 rings (SSSR count). The molecule has 0 bridgehead atoms. The summed E-state index contributed by atoms with van der Waals surface area (Å²) in [6.45, 7) is 3.49. The van der Waals surface area contributed by atoms with Crippen LogP contribution in [0.15, 0.2) is 0 Å². The molecule has 0 radical (unpaired) electrons. The number of nitrogens with one attached hydrogen (secondary N) is 2. The third-order valence-corrected chi connectivity index (χ3v) is 4.14. The number of amides is 2. The predicted molar refractivity (Wildman–Crippen MR) is 83.3 cm³/mol. The van der Waals surface area contributed by atoms with Crippen molar-refractivity contribution in [3.63, 3.8) is 0 Å². The van der Waals surface area contributed by atoms with Crippen molar-refractivity contribution in [2.45, 2.75) is 70.8 Å². The Balaban J connectivity index is 2.18. The molecule has 0 aromatic carbocycles. The van der Waals surface area contributed by atoms with E-state index in [-0.39, 0.29) is 24.8 Å². The molecule has 1 saturated carbocycles. The molecular weight excluding hydrogens is 284 g/mol. The standard InChI is InChI=1S/C16H28N2O4/c1-16(2,10-9-15(21)22)18-14(20)11-17-13(19)8-7-12-5-3-4-6-12/h12H,3-11H2,1-2H3,(H,17,19)(H,18,20)(H,21,22). The minimum absolute atomic E-state index is 0.00102. The Morgan fingerprint density at radius 2 is 1.73 bits per heavy atom. The highest BCUT2D eigenvalue weighted by molar-refractivity contribution is 5.85. The lowest BCUT2D eigenvalue weighted by molar-refractivity contribution is -0.137. The van der Waals surface area contributed by atoms with E-state index in [9.17, 15) is 14.4 Å². The molecule has 0 aliphatic heterocycles. The number of hydrogen-bond acceptors (Lipinski definition) is 3. The molecule has 2 amide bonds. The summed E-state index contributed by atoms with van der Waals surface area (Å²) in [6.07, 6.45) is 6.68. The van der Waals surface area contributed by atoms with Crippen LogP contribution in [0.5, 0.6) is 0 Å². The number of carbonyl (C=O) groups is 3. The van der Waals surface area contributed by atoms with Gasteiger partial charge in [0, 0.05) is 18.4 Å². The van der Waals surface area contributed by atoms with Crippen molar-refractivity contribution in [2.24, 2.45) is 5.92 Å². The van der Waals surface area contributed by atoms with Gasteiger partial charge in [-0.3, -0.25) is 14.4 Å². The number of hydrogen-bond donors (Lipinski definition) is 3. The lowest BCUT2D eigenvalue weighted by Crippen LogP contribution is -2.47. The second kappa shape index (κ2) is 8.76. The fraction of sp³-hybridized carbons (Fsp3) is 0.812. The zero-order chi connectivity index (χ0) is 16.6. The van der Waals surface area contributed by atoms with Gasteiger partial charge >= 0.3 is 5.97 Å². The summed E-state index contributed by atoms with van der Waals surface area (Å²) < 4.78 is 0. The lowest BCUT2D eigenvalue weighted by Gasteiger charge is -2.25. The Bertz CT molecular complexity index is 401. The first-order chi connectivity index (χ1) is 10.3. The maximum absolute atomic E-state index is 11.8. The minimum Gasteiger partial charge on any atom is -0.481 e. The molecule has 1 aliphatic rings. The van der Waals surface area contributed by atoms with Crippen molar-refractivity contribution in [3.8, 4) is 0 Å². The second-order valence-corrected chi connectivity index (χ2v) is 6.79. The summed E-state index contributed by atoms with van der Waals surface area (Å²) in [5.74, 6) is -0.605. The van der Waals surface area contributed by atoms with Crippen molar-refractivity contribution >= 4 is 17.8 Å². The van der Waals surface area contributed by atoms with Crippen LogP contribution in [0, 0.1) is 5.92 Å². The van der Waals surface area contributed by atoms with Crippen LogP contribution in [-0.2, 0) is 14.4 Å². The molecule has 3 N–H and O–H groups in total. The smallest absolute Gasteiger partial charge is 0.303 e. The average molecular weight is 312 g/mol. The van der Waals surface area contributed by atoms with E-state index in [0.717, 1.165) is 6.42 Å². The van der Waals surface area contributed by atoms with Crippen LogP contribution in [0.2, 0.25) is 0 Å². The van der Waals surface area contributed by atoms with Gasteiger partial charge in [-0.25, -0.2) is 0 Å². The van der Waals surface area contributed by atoms with Crippen molar-refractivity contribution < 1.29 is 19.5 Å². The van der Waals surface area contributed by atoms with Crippen LogP contribution in [-0.4, -0.2) is 35.0 Å². The second-order valence-electron chi connectivity index (χ2n) is 6.79. The maximum atomic E-state index is 11.8. The van der Waals surface area contributed by atoms with E-state index in [1.165, 1.54) is 25.7 Å². The Morgan fingerprint density at radius 3 is 2.32 bits per heavy atom. The molecule has 6 nitrogen and oxygen atoms in total. The summed E-state index contributed by atoms with van der Waals surface area (Å²) in [5, 5.41) is 14.0. The fourth-order valence-electron chi connectivity index (χ4n) is 2.81. The predicted octanol–water partition coefficient (Wildman–Crippen LogP) is 1.83. The van der Waals surface area contributed by atoms with Gasteiger partial charge in [-0.15, -0.1) is 0 Å². The molecule has 0 spiro atoms. The molecular formula is C16H28N2O4. The summed E-state index contributed by atoms with van der Waals surface area (Å²) in [4.78, 5) is 34.1. The Hall–Kier alpha value is -1.59. The Kier molecular flexibility index (Phi) is 7.35. The van der Waals surface area contributed by atoms with E-state index in [4.69, 9.17) is 5.11 Å². The highest BCUT2D eigenvalue weighted by atomic mass is 16.4. The van der Waals surface area contributed by atoms with Crippen LogP contribution >= 0.6 is 0 Å². The third-order valence-electron chi connectivity index (χ3n) is 4.14. The Morgan fingerprint density at radius 1 is 1.09 bits per heavy atom. The topological polar surface area (TPSA) is 95.5 Å². The van der Waals surface area contributed by atoms with E-state index in [2.05, 4.69) is 10.6 Å². The summed E-state index contributed by atoms with van der Waals surface area (Å²) in [5.41, 5.74) is -0.593. The van der Waals surface area contributed by atoms with Crippen LogP contribution in [0.3, 0.4) is 0 Å². The fourth-order valence-corrected chi connectivity index (χ4v) is 2.81. The maximum Gasteiger partial charge on any atom is 0.303 e. The van der Waals surface area contributed by atoms with Crippen molar-refractivity contribution in [1.82, 2.24) is 10.6 Å². The first-order valence-electron chi connectivity index (χ1n) is 8.08. The van der Waals surface area contributed by atoms with E-state index in [1.807, 2.05) is 0 Å². The van der Waals surface area contributed by atoms with Gasteiger partial charge in [0.05, 0.1) is 6.54 Å². The highest BCUT2D eigenvalue weighted by Crippen LogP contribution is 2.28. The third kappa shape index (κ3) is 8.00. The molecule has 0 aromatic rings. The first kappa shape index (κ1) is 18.5. The quantitative estimate of drug-likeness (QED) is 0.605. The van der Waals surface area contributed by atoms with Crippen molar-refractivity contribution in [1.29, 1.82) is 0 Å². The SMILES string of the molecule is CC(C)(CCC(=O)O)NC(=O)CNC(=O)CCC1CCCC1. The van der Waals surface area contributed by atoms with Gasteiger partial charge in [-0.05, 0) is 32.6 Å². The van der Waals surface area contributed by atoms with E-state index in [0.29, 0.717) is 18.8 Å². The largest absolute Gasteiger partial charge is 0.481 e. The van der Waals surface area contributed by atoms with E-state index >= 15 is 0 Å². The highest BCUT2D eigenvalue weighted by Gasteiger charge is 2.22. The zero-order valence-electron chi connectivity index (χ0n) is 13.6. The van der Waals surface area contributed by atoms with Crippen LogP contribution in [0.4, 0.5) is 0 Å². The molecule has 0 unspecified atom stereocenters. The summed E-state index contributed by atoms with van der Waals surface area (Å²) in [6, 6.07) is 0. The molecule has 126 valence electrons. The van der Waals surface area contributed by atoms with Gasteiger partial charge in [-0.1, -0.05) is 25.7 Å². The molecule has 1 aliphatic carbocycles. The van der Waals surface area contributed by atoms with Gasteiger partial charge in [0.1, 0.15) is 0 Å². The van der Waals surface area contributed by atoms with Crippen LogP contribution < -0.4 is 10.6 Å². The zero-order valence-corrected chi connectivity index (χ0v) is 13.6. The van der Waals surface area contributed by atoms with Gasteiger partial charge in [0.15, 0.2) is 0 Å². The minimum atomic E-state index is -0.887. The molecule has 0 saturated heterocycles. The van der Waals surface area contributed by atoms with E-state index < -0.39 is 11.5 Å². The van der Waals surface area contributed by atoms with Gasteiger partial charge in [-0.2, -0.15) is 0 Å². The van der Waals surface area contributed by atoms with Crippen molar-refractivity contribution in [2.75, 3.05) is 6.54 Å². The number of carboxylic acid groups (broad SMARTS) is 1. The summed E-state index contributed by atoms with van der Waals surface area (Å²) in [7, 11) is 0. The van der Waals surface area contributed by atoms with Crippen LogP contribution in [0.1, 0.15) is 65.2 Å². The molecule has 0 heterocycles. The molecule has 22 heavy (non-hydrogen) atoms. The molecule has 0 atom stereocenters. The van der Waals surface area contributed by atoms with Gasteiger partial charge < -0.3 is 15.7 Å². The number of carbonyl (C=O) groups excluding carboxylic acids is 2. The molecule has 1 fully saturated rings. The monoisotopic (exact) mass is 312 g/mol. The number of aliphatic carboxylic acids is 1.